The zero-order valence-electron chi connectivity index (χ0n) is 12.2. The van der Waals surface area contributed by atoms with Gasteiger partial charge in [-0.3, -0.25) is 4.79 Å². The summed E-state index contributed by atoms with van der Waals surface area (Å²) >= 11 is 3.26. The number of carbonyl (C=O) groups is 2. The number of piperidine rings is 1. The van der Waals surface area contributed by atoms with Gasteiger partial charge in [-0.15, -0.1) is 0 Å². The maximum Gasteiger partial charge on any atom is 0.335 e. The van der Waals surface area contributed by atoms with Crippen molar-refractivity contribution in [1.82, 2.24) is 19.7 Å². The van der Waals surface area contributed by atoms with Gasteiger partial charge in [0.25, 0.3) is 5.91 Å². The molecule has 1 aliphatic rings. The fraction of sp³-hybridized carbons (Fsp3) is 0.333. The van der Waals surface area contributed by atoms with Crippen molar-refractivity contribution in [3.8, 4) is 0 Å². The maximum atomic E-state index is 12.7. The Morgan fingerprint density at radius 1 is 1.26 bits per heavy atom. The van der Waals surface area contributed by atoms with Gasteiger partial charge in [-0.25, -0.2) is 14.5 Å². The monoisotopic (exact) mass is 378 g/mol. The second-order valence-corrected chi connectivity index (χ2v) is 6.37. The van der Waals surface area contributed by atoms with Crippen LogP contribution in [0.2, 0.25) is 0 Å². The molecular weight excluding hydrogens is 364 g/mol. The minimum atomic E-state index is -1.06. The van der Waals surface area contributed by atoms with E-state index in [1.807, 2.05) is 0 Å². The van der Waals surface area contributed by atoms with Crippen LogP contribution in [0.15, 0.2) is 35.3 Å². The zero-order chi connectivity index (χ0) is 16.4. The van der Waals surface area contributed by atoms with Crippen LogP contribution in [0.1, 0.15) is 39.6 Å². The fourth-order valence-corrected chi connectivity index (χ4v) is 3.27. The maximum absolute atomic E-state index is 12.7. The highest BCUT2D eigenvalue weighted by molar-refractivity contribution is 9.10. The second-order valence-electron chi connectivity index (χ2n) is 5.46. The first-order valence-electron chi connectivity index (χ1n) is 7.22. The summed E-state index contributed by atoms with van der Waals surface area (Å²) in [5, 5.41) is 13.3. The lowest BCUT2D eigenvalue weighted by molar-refractivity contribution is 0.0672. The van der Waals surface area contributed by atoms with E-state index in [1.165, 1.54) is 18.5 Å². The highest BCUT2D eigenvalue weighted by Crippen LogP contribution is 2.23. The lowest BCUT2D eigenvalue weighted by Crippen LogP contribution is -2.40. The summed E-state index contributed by atoms with van der Waals surface area (Å²) < 4.78 is 2.34. The molecule has 8 heteroatoms. The fourth-order valence-electron chi connectivity index (χ4n) is 2.78. The summed E-state index contributed by atoms with van der Waals surface area (Å²) in [6.07, 6.45) is 4.94. The standard InChI is InChI=1S/C15H15BrN4O3/c16-12-5-10(4-11(6-12)15(22)23)14(21)19-3-1-2-13(7-19)20-9-17-8-18-20/h4-6,8-9,13H,1-3,7H2,(H,22,23). The van der Waals surface area contributed by atoms with Crippen molar-refractivity contribution in [2.24, 2.45) is 0 Å². The number of amides is 1. The summed E-state index contributed by atoms with van der Waals surface area (Å²) in [5.74, 6) is -1.22. The van der Waals surface area contributed by atoms with E-state index >= 15 is 0 Å². The SMILES string of the molecule is O=C(O)c1cc(Br)cc(C(=O)N2CCCC(n3cncn3)C2)c1. The lowest BCUT2D eigenvalue weighted by Gasteiger charge is -2.32. The van der Waals surface area contributed by atoms with E-state index in [0.29, 0.717) is 23.1 Å². The molecule has 3 rings (SSSR count). The van der Waals surface area contributed by atoms with E-state index in [0.717, 1.165) is 12.8 Å². The lowest BCUT2D eigenvalue weighted by atomic mass is 10.0. The van der Waals surface area contributed by atoms with Crippen molar-refractivity contribution in [2.75, 3.05) is 13.1 Å². The molecule has 1 amide bonds. The van der Waals surface area contributed by atoms with Crippen LogP contribution >= 0.6 is 15.9 Å². The van der Waals surface area contributed by atoms with Crippen molar-refractivity contribution in [2.45, 2.75) is 18.9 Å². The molecule has 2 heterocycles. The van der Waals surface area contributed by atoms with Gasteiger partial charge in [0.15, 0.2) is 0 Å². The molecule has 1 aromatic heterocycles. The van der Waals surface area contributed by atoms with Gasteiger partial charge in [-0.1, -0.05) is 15.9 Å². The van der Waals surface area contributed by atoms with Crippen LogP contribution in [0.3, 0.4) is 0 Å². The highest BCUT2D eigenvalue weighted by atomic mass is 79.9. The number of carboxylic acid groups (broad SMARTS) is 1. The number of carbonyl (C=O) groups excluding carboxylic acids is 1. The average molecular weight is 379 g/mol. The predicted molar refractivity (Wildman–Crippen MR) is 85.3 cm³/mol. The third-order valence-corrected chi connectivity index (χ3v) is 4.34. The number of nitrogens with zero attached hydrogens (tertiary/aromatic N) is 4. The summed E-state index contributed by atoms with van der Waals surface area (Å²) in [7, 11) is 0. The Morgan fingerprint density at radius 2 is 2.04 bits per heavy atom. The third-order valence-electron chi connectivity index (χ3n) is 3.89. The average Bonchev–Trinajstić information content (AvgIpc) is 3.08. The number of rotatable bonds is 3. The summed E-state index contributed by atoms with van der Waals surface area (Å²) in [6, 6.07) is 4.64. The van der Waals surface area contributed by atoms with E-state index in [-0.39, 0.29) is 17.5 Å². The zero-order valence-corrected chi connectivity index (χ0v) is 13.8. The molecule has 0 aliphatic carbocycles. The molecule has 1 atom stereocenters. The first kappa shape index (κ1) is 15.7. The van der Waals surface area contributed by atoms with Gasteiger partial charge in [-0.2, -0.15) is 5.10 Å². The van der Waals surface area contributed by atoms with Gasteiger partial charge < -0.3 is 10.0 Å². The van der Waals surface area contributed by atoms with E-state index in [9.17, 15) is 9.59 Å². The van der Waals surface area contributed by atoms with Gasteiger partial charge in [0.1, 0.15) is 12.7 Å². The molecule has 23 heavy (non-hydrogen) atoms. The Labute approximate surface area is 141 Å². The molecule has 0 bridgehead atoms. The highest BCUT2D eigenvalue weighted by Gasteiger charge is 2.26. The normalized spacial score (nSPS) is 18.0. The second kappa shape index (κ2) is 6.49. The van der Waals surface area contributed by atoms with Crippen molar-refractivity contribution >= 4 is 27.8 Å². The Bertz CT molecular complexity index is 732. The summed E-state index contributed by atoms with van der Waals surface area (Å²) in [6.45, 7) is 1.19. The molecule has 1 aliphatic heterocycles. The number of likely N-dealkylation sites (tertiary alicyclic amines) is 1. The quantitative estimate of drug-likeness (QED) is 0.884. The van der Waals surface area contributed by atoms with E-state index in [1.54, 1.807) is 22.0 Å². The van der Waals surface area contributed by atoms with Crippen molar-refractivity contribution in [1.29, 1.82) is 0 Å². The number of carboxylic acids is 1. The molecule has 1 saturated heterocycles. The predicted octanol–water partition coefficient (Wildman–Crippen LogP) is 2.22. The topological polar surface area (TPSA) is 88.3 Å². The number of aromatic carboxylic acids is 1. The van der Waals surface area contributed by atoms with Gasteiger partial charge in [0.2, 0.25) is 0 Å². The van der Waals surface area contributed by atoms with Crippen LogP contribution in [0, 0.1) is 0 Å². The molecule has 1 unspecified atom stereocenters. The Balaban J connectivity index is 1.81. The third kappa shape index (κ3) is 3.42. The Hall–Kier alpha value is -2.22. The van der Waals surface area contributed by atoms with Crippen molar-refractivity contribution in [3.63, 3.8) is 0 Å². The van der Waals surface area contributed by atoms with Gasteiger partial charge in [0, 0.05) is 23.1 Å². The summed E-state index contributed by atoms with van der Waals surface area (Å²) in [5.41, 5.74) is 0.462. The largest absolute Gasteiger partial charge is 0.478 e. The molecular formula is C15H15BrN4O3. The van der Waals surface area contributed by atoms with Crippen LogP contribution in [-0.2, 0) is 0 Å². The van der Waals surface area contributed by atoms with Crippen LogP contribution in [0.25, 0.3) is 0 Å². The molecule has 1 fully saturated rings. The Morgan fingerprint density at radius 3 is 2.74 bits per heavy atom. The molecule has 120 valence electrons. The number of hydrogen-bond acceptors (Lipinski definition) is 4. The number of hydrogen-bond donors (Lipinski definition) is 1. The first-order valence-corrected chi connectivity index (χ1v) is 8.01. The smallest absolute Gasteiger partial charge is 0.335 e. The molecule has 7 nitrogen and oxygen atoms in total. The molecule has 0 saturated carbocycles. The van der Waals surface area contributed by atoms with Gasteiger partial charge >= 0.3 is 5.97 Å². The van der Waals surface area contributed by atoms with Crippen LogP contribution in [0.4, 0.5) is 0 Å². The molecule has 0 spiro atoms. The molecule has 1 N–H and O–H groups in total. The van der Waals surface area contributed by atoms with Crippen LogP contribution < -0.4 is 0 Å². The number of benzene rings is 1. The van der Waals surface area contributed by atoms with Crippen molar-refractivity contribution in [3.05, 3.63) is 46.5 Å². The van der Waals surface area contributed by atoms with E-state index < -0.39 is 5.97 Å². The van der Waals surface area contributed by atoms with Crippen LogP contribution in [0.5, 0.6) is 0 Å². The number of aromatic nitrogens is 3. The van der Waals surface area contributed by atoms with E-state index in [4.69, 9.17) is 5.11 Å². The molecule has 0 radical (unpaired) electrons. The number of halogens is 1. The minimum Gasteiger partial charge on any atom is -0.478 e. The summed E-state index contributed by atoms with van der Waals surface area (Å²) in [4.78, 5) is 29.5. The van der Waals surface area contributed by atoms with Gasteiger partial charge in [-0.05, 0) is 31.0 Å². The molecule has 1 aromatic carbocycles. The Kier molecular flexibility index (Phi) is 4.42. The van der Waals surface area contributed by atoms with Crippen molar-refractivity contribution < 1.29 is 14.7 Å². The van der Waals surface area contributed by atoms with E-state index in [2.05, 4.69) is 26.0 Å². The van der Waals surface area contributed by atoms with Gasteiger partial charge in [0.05, 0.1) is 11.6 Å². The first-order chi connectivity index (χ1) is 11.0. The minimum absolute atomic E-state index is 0.0903. The van der Waals surface area contributed by atoms with Crippen LogP contribution in [-0.4, -0.2) is 49.7 Å². The molecule has 2 aromatic rings.